The van der Waals surface area contributed by atoms with Crippen LogP contribution in [0.4, 0.5) is 11.4 Å². The molecule has 2 rings (SSSR count). The molecule has 0 fully saturated rings. The van der Waals surface area contributed by atoms with E-state index in [0.717, 1.165) is 5.57 Å². The van der Waals surface area contributed by atoms with E-state index in [4.69, 9.17) is 4.74 Å². The molecule has 0 aliphatic rings. The van der Waals surface area contributed by atoms with Gasteiger partial charge in [-0.3, -0.25) is 9.59 Å². The molecule has 124 valence electrons. The summed E-state index contributed by atoms with van der Waals surface area (Å²) < 4.78 is 5.14. The first-order valence-electron chi connectivity index (χ1n) is 7.50. The van der Waals surface area contributed by atoms with Crippen LogP contribution < -0.4 is 15.4 Å². The van der Waals surface area contributed by atoms with Crippen LogP contribution in [0.25, 0.3) is 0 Å². The molecule has 0 heterocycles. The first-order valence-corrected chi connectivity index (χ1v) is 7.50. The molecule has 0 aliphatic heterocycles. The second kappa shape index (κ2) is 7.97. The number of rotatable bonds is 5. The zero-order valence-corrected chi connectivity index (χ0v) is 13.9. The van der Waals surface area contributed by atoms with E-state index in [-0.39, 0.29) is 11.8 Å². The molecule has 24 heavy (non-hydrogen) atoms. The Balaban J connectivity index is 2.20. The highest BCUT2D eigenvalue weighted by Gasteiger charge is 2.13. The fourth-order valence-electron chi connectivity index (χ4n) is 2.12. The van der Waals surface area contributed by atoms with Gasteiger partial charge in [0.2, 0.25) is 5.91 Å². The van der Waals surface area contributed by atoms with Gasteiger partial charge >= 0.3 is 0 Å². The Labute approximate surface area is 141 Å². The molecule has 2 aromatic rings. The average Bonchev–Trinajstić information content (AvgIpc) is 2.54. The van der Waals surface area contributed by atoms with E-state index in [1.54, 1.807) is 55.6 Å². The number of methoxy groups -OCH3 is 1. The van der Waals surface area contributed by atoms with Gasteiger partial charge in [0.15, 0.2) is 0 Å². The summed E-state index contributed by atoms with van der Waals surface area (Å²) in [5, 5.41) is 5.53. The second-order valence-electron chi connectivity index (χ2n) is 5.44. The smallest absolute Gasteiger partial charge is 0.257 e. The molecule has 5 nitrogen and oxygen atoms in total. The van der Waals surface area contributed by atoms with E-state index in [1.807, 2.05) is 13.8 Å². The molecular weight excluding hydrogens is 304 g/mol. The van der Waals surface area contributed by atoms with Gasteiger partial charge < -0.3 is 15.4 Å². The van der Waals surface area contributed by atoms with Crippen LogP contribution in [0, 0.1) is 0 Å². The fourth-order valence-corrected chi connectivity index (χ4v) is 2.12. The summed E-state index contributed by atoms with van der Waals surface area (Å²) >= 11 is 0. The van der Waals surface area contributed by atoms with Crippen molar-refractivity contribution in [2.24, 2.45) is 0 Å². The maximum absolute atomic E-state index is 12.5. The average molecular weight is 324 g/mol. The summed E-state index contributed by atoms with van der Waals surface area (Å²) in [6.45, 7) is 3.67. The highest BCUT2D eigenvalue weighted by molar-refractivity contribution is 6.11. The van der Waals surface area contributed by atoms with Gasteiger partial charge in [-0.1, -0.05) is 23.8 Å². The number of anilines is 2. The lowest BCUT2D eigenvalue weighted by atomic mass is 10.1. The number of nitrogens with one attached hydrogen (secondary N) is 2. The van der Waals surface area contributed by atoms with Crippen molar-refractivity contribution in [1.82, 2.24) is 0 Å². The van der Waals surface area contributed by atoms with Crippen molar-refractivity contribution < 1.29 is 14.3 Å². The molecule has 2 aromatic carbocycles. The summed E-state index contributed by atoms with van der Waals surface area (Å²) in [4.78, 5) is 24.4. The summed E-state index contributed by atoms with van der Waals surface area (Å²) in [5.41, 5.74) is 2.34. The van der Waals surface area contributed by atoms with Gasteiger partial charge in [0.25, 0.3) is 5.91 Å². The van der Waals surface area contributed by atoms with Crippen molar-refractivity contribution in [1.29, 1.82) is 0 Å². The van der Waals surface area contributed by atoms with Gasteiger partial charge in [-0.15, -0.1) is 0 Å². The molecule has 0 unspecified atom stereocenters. The van der Waals surface area contributed by atoms with E-state index in [1.165, 1.54) is 6.08 Å². The van der Waals surface area contributed by atoms with Crippen molar-refractivity contribution >= 4 is 23.2 Å². The molecule has 0 saturated carbocycles. The van der Waals surface area contributed by atoms with E-state index in [0.29, 0.717) is 22.7 Å². The summed E-state index contributed by atoms with van der Waals surface area (Å²) in [5.74, 6) is 0.0749. The SMILES string of the molecule is COc1cccc(NC(=O)c2ccccc2NC(=O)C=C(C)C)c1. The minimum atomic E-state index is -0.309. The van der Waals surface area contributed by atoms with Crippen LogP contribution in [0.3, 0.4) is 0 Å². The Morgan fingerprint density at radius 1 is 1.00 bits per heavy atom. The third-order valence-electron chi connectivity index (χ3n) is 3.18. The van der Waals surface area contributed by atoms with Crippen LogP contribution in [-0.2, 0) is 4.79 Å². The van der Waals surface area contributed by atoms with Crippen molar-refractivity contribution in [2.45, 2.75) is 13.8 Å². The quantitative estimate of drug-likeness (QED) is 0.821. The molecule has 2 amide bonds. The summed E-state index contributed by atoms with van der Waals surface area (Å²) in [6, 6.07) is 13.9. The number of allylic oxidation sites excluding steroid dienone is 1. The van der Waals surface area contributed by atoms with Crippen LogP contribution in [0.5, 0.6) is 5.75 Å². The van der Waals surface area contributed by atoms with E-state index >= 15 is 0 Å². The lowest BCUT2D eigenvalue weighted by Crippen LogP contribution is -2.17. The predicted octanol–water partition coefficient (Wildman–Crippen LogP) is 3.85. The molecule has 0 radical (unpaired) electrons. The Hall–Kier alpha value is -3.08. The second-order valence-corrected chi connectivity index (χ2v) is 5.44. The number of hydrogen-bond donors (Lipinski definition) is 2. The largest absolute Gasteiger partial charge is 0.497 e. The lowest BCUT2D eigenvalue weighted by Gasteiger charge is -2.11. The van der Waals surface area contributed by atoms with Crippen LogP contribution >= 0.6 is 0 Å². The van der Waals surface area contributed by atoms with Gasteiger partial charge in [0.1, 0.15) is 5.75 Å². The topological polar surface area (TPSA) is 67.4 Å². The Morgan fingerprint density at radius 2 is 1.75 bits per heavy atom. The standard InChI is InChI=1S/C19H20N2O3/c1-13(2)11-18(22)21-17-10-5-4-9-16(17)19(23)20-14-7-6-8-15(12-14)24-3/h4-12H,1-3H3,(H,20,23)(H,21,22). The monoisotopic (exact) mass is 324 g/mol. The van der Waals surface area contributed by atoms with Crippen molar-refractivity contribution in [2.75, 3.05) is 17.7 Å². The molecule has 0 aromatic heterocycles. The highest BCUT2D eigenvalue weighted by Crippen LogP contribution is 2.20. The first kappa shape index (κ1) is 17.3. The molecule has 0 aliphatic carbocycles. The molecule has 0 atom stereocenters. The normalized spacial score (nSPS) is 9.79. The minimum Gasteiger partial charge on any atom is -0.497 e. The van der Waals surface area contributed by atoms with Gasteiger partial charge in [-0.2, -0.15) is 0 Å². The maximum atomic E-state index is 12.5. The Morgan fingerprint density at radius 3 is 2.46 bits per heavy atom. The number of carbonyl (C=O) groups excluding carboxylic acids is 2. The first-order chi connectivity index (χ1) is 11.5. The molecule has 2 N–H and O–H groups in total. The van der Waals surface area contributed by atoms with Crippen LogP contribution in [-0.4, -0.2) is 18.9 Å². The molecule has 0 saturated heterocycles. The lowest BCUT2D eigenvalue weighted by molar-refractivity contribution is -0.111. The summed E-state index contributed by atoms with van der Waals surface area (Å²) in [7, 11) is 1.56. The summed E-state index contributed by atoms with van der Waals surface area (Å²) in [6.07, 6.45) is 1.48. The molecular formula is C19H20N2O3. The zero-order chi connectivity index (χ0) is 17.5. The van der Waals surface area contributed by atoms with Crippen LogP contribution in [0.2, 0.25) is 0 Å². The third kappa shape index (κ3) is 4.71. The van der Waals surface area contributed by atoms with Gasteiger partial charge in [-0.05, 0) is 38.1 Å². The van der Waals surface area contributed by atoms with Gasteiger partial charge in [-0.25, -0.2) is 0 Å². The van der Waals surface area contributed by atoms with Crippen LogP contribution in [0.15, 0.2) is 60.2 Å². The predicted molar refractivity (Wildman–Crippen MR) is 95.4 cm³/mol. The number of carbonyl (C=O) groups is 2. The maximum Gasteiger partial charge on any atom is 0.257 e. The van der Waals surface area contributed by atoms with Gasteiger partial charge in [0.05, 0.1) is 18.4 Å². The Kier molecular flexibility index (Phi) is 5.73. The van der Waals surface area contributed by atoms with Crippen LogP contribution in [0.1, 0.15) is 24.2 Å². The molecule has 0 bridgehead atoms. The molecule has 5 heteroatoms. The van der Waals surface area contributed by atoms with E-state index < -0.39 is 0 Å². The van der Waals surface area contributed by atoms with Crippen molar-refractivity contribution in [3.63, 3.8) is 0 Å². The number of para-hydroxylation sites is 1. The zero-order valence-electron chi connectivity index (χ0n) is 13.9. The van der Waals surface area contributed by atoms with E-state index in [2.05, 4.69) is 10.6 Å². The molecule has 0 spiro atoms. The Bertz CT molecular complexity index is 778. The highest BCUT2D eigenvalue weighted by atomic mass is 16.5. The van der Waals surface area contributed by atoms with Gasteiger partial charge in [0, 0.05) is 17.8 Å². The van der Waals surface area contributed by atoms with Crippen molar-refractivity contribution in [3.05, 3.63) is 65.7 Å². The number of amides is 2. The number of hydrogen-bond acceptors (Lipinski definition) is 3. The number of benzene rings is 2. The third-order valence-corrected chi connectivity index (χ3v) is 3.18. The minimum absolute atomic E-state index is 0.267. The number of ether oxygens (including phenoxy) is 1. The van der Waals surface area contributed by atoms with Crippen molar-refractivity contribution in [3.8, 4) is 5.75 Å². The fraction of sp³-hybridized carbons (Fsp3) is 0.158. The van der Waals surface area contributed by atoms with E-state index in [9.17, 15) is 9.59 Å².